The summed E-state index contributed by atoms with van der Waals surface area (Å²) in [4.78, 5) is 0.122. The third kappa shape index (κ3) is 5.96. The minimum atomic E-state index is -3.77. The van der Waals surface area contributed by atoms with E-state index in [0.29, 0.717) is 5.69 Å². The highest BCUT2D eigenvalue weighted by molar-refractivity contribution is 7.87. The molecule has 4 rings (SSSR count). The quantitative estimate of drug-likeness (QED) is 0.366. The van der Waals surface area contributed by atoms with Gasteiger partial charge in [-0.25, -0.2) is 0 Å². The van der Waals surface area contributed by atoms with Crippen LogP contribution in [-0.2, 0) is 10.1 Å². The molecule has 4 aromatic carbocycles. The molecule has 0 aliphatic rings. The Morgan fingerprint density at radius 3 is 1.41 bits per heavy atom. The van der Waals surface area contributed by atoms with Gasteiger partial charge in [0.2, 0.25) is 0 Å². The van der Waals surface area contributed by atoms with E-state index in [-0.39, 0.29) is 10.6 Å². The van der Waals surface area contributed by atoms with Crippen LogP contribution in [0.3, 0.4) is 0 Å². The molecule has 0 heterocycles. The molecule has 0 amide bonds. The van der Waals surface area contributed by atoms with Crippen LogP contribution in [0.25, 0.3) is 11.1 Å². The van der Waals surface area contributed by atoms with Crippen LogP contribution in [-0.4, -0.2) is 8.42 Å². The molecule has 0 radical (unpaired) electrons. The lowest BCUT2D eigenvalue weighted by molar-refractivity contribution is 0.486. The maximum atomic E-state index is 11.8. The van der Waals surface area contributed by atoms with Gasteiger partial charge in [0, 0.05) is 5.69 Å². The van der Waals surface area contributed by atoms with Crippen molar-refractivity contribution < 1.29 is 12.6 Å². The number of nitrogen functional groups attached to an aromatic ring is 1. The number of hydrogen-bond acceptors (Lipinski definition) is 4. The average molecular weight is 404 g/mol. The Hall–Kier alpha value is -3.57. The minimum Gasteiger partial charge on any atom is -0.399 e. The molecule has 0 aliphatic heterocycles. The van der Waals surface area contributed by atoms with Crippen molar-refractivity contribution in [3.05, 3.63) is 115 Å². The lowest BCUT2D eigenvalue weighted by Gasteiger charge is -2.06. The first-order valence-corrected chi connectivity index (χ1v) is 10.4. The number of rotatable bonds is 4. The summed E-state index contributed by atoms with van der Waals surface area (Å²) >= 11 is 0. The number of hydrogen-bond donors (Lipinski definition) is 1. The van der Waals surface area contributed by atoms with Crippen molar-refractivity contribution in [3.63, 3.8) is 0 Å². The van der Waals surface area contributed by atoms with Crippen molar-refractivity contribution in [1.29, 1.82) is 0 Å². The van der Waals surface area contributed by atoms with Gasteiger partial charge in [-0.1, -0.05) is 78.9 Å². The molecule has 29 heavy (non-hydrogen) atoms. The zero-order valence-electron chi connectivity index (χ0n) is 15.7. The van der Waals surface area contributed by atoms with E-state index < -0.39 is 10.1 Å². The zero-order valence-corrected chi connectivity index (χ0v) is 16.5. The van der Waals surface area contributed by atoms with Gasteiger partial charge < -0.3 is 9.92 Å². The molecular formula is C24H21NO3S. The number of benzene rings is 4. The molecule has 5 heteroatoms. The largest absolute Gasteiger partial charge is 0.399 e. The van der Waals surface area contributed by atoms with Crippen LogP contribution in [0.5, 0.6) is 5.75 Å². The highest BCUT2D eigenvalue weighted by Gasteiger charge is 2.15. The molecule has 0 saturated heterocycles. The Labute approximate surface area is 171 Å². The minimum absolute atomic E-state index is 0.122. The Kier molecular flexibility index (Phi) is 6.66. The molecule has 2 N–H and O–H groups in total. The van der Waals surface area contributed by atoms with Crippen molar-refractivity contribution in [2.45, 2.75) is 4.90 Å². The summed E-state index contributed by atoms with van der Waals surface area (Å²) in [5, 5.41) is 0. The van der Waals surface area contributed by atoms with Crippen LogP contribution < -0.4 is 9.92 Å². The molecule has 0 unspecified atom stereocenters. The molecule has 0 aliphatic carbocycles. The molecule has 0 spiro atoms. The number of nitrogens with two attached hydrogens (primary N) is 1. The summed E-state index contributed by atoms with van der Waals surface area (Å²) in [7, 11) is -3.77. The van der Waals surface area contributed by atoms with E-state index in [0.717, 1.165) is 0 Å². The third-order valence-electron chi connectivity index (χ3n) is 4.00. The van der Waals surface area contributed by atoms with Crippen LogP contribution in [0.15, 0.2) is 120 Å². The second-order valence-electron chi connectivity index (χ2n) is 6.15. The average Bonchev–Trinajstić information content (AvgIpc) is 2.78. The summed E-state index contributed by atoms with van der Waals surface area (Å²) in [5.41, 5.74) is 8.60. The standard InChI is InChI=1S/C12H11NO3S.C12H10/c13-10-6-8-11(9-7-10)16-17(14,15)12-4-2-1-3-5-12;1-3-7-11(8-4-1)12-9-5-2-6-10-12/h1-9H,13H2;1-10H. The zero-order chi connectivity index (χ0) is 20.5. The maximum absolute atomic E-state index is 11.8. The predicted octanol–water partition coefficient (Wildman–Crippen LogP) is 5.39. The summed E-state index contributed by atoms with van der Waals surface area (Å²) in [5.74, 6) is 0.239. The van der Waals surface area contributed by atoms with E-state index in [9.17, 15) is 8.42 Å². The molecular weight excluding hydrogens is 382 g/mol. The van der Waals surface area contributed by atoms with E-state index in [1.807, 2.05) is 12.1 Å². The Balaban J connectivity index is 0.000000176. The SMILES string of the molecule is Nc1ccc(OS(=O)(=O)c2ccccc2)cc1.c1ccc(-c2ccccc2)cc1. The third-order valence-corrected chi connectivity index (χ3v) is 5.26. The van der Waals surface area contributed by atoms with E-state index in [1.54, 1.807) is 30.3 Å². The lowest BCUT2D eigenvalue weighted by Crippen LogP contribution is -2.09. The maximum Gasteiger partial charge on any atom is 0.339 e. The second-order valence-corrected chi connectivity index (χ2v) is 7.70. The van der Waals surface area contributed by atoms with Gasteiger partial charge in [0.1, 0.15) is 10.6 Å². The number of anilines is 1. The molecule has 0 aromatic heterocycles. The van der Waals surface area contributed by atoms with Crippen molar-refractivity contribution in [2.75, 3.05) is 5.73 Å². The van der Waals surface area contributed by atoms with E-state index in [1.165, 1.54) is 35.4 Å². The van der Waals surface area contributed by atoms with Crippen LogP contribution in [0.4, 0.5) is 5.69 Å². The van der Waals surface area contributed by atoms with Crippen molar-refractivity contribution >= 4 is 15.8 Å². The Morgan fingerprint density at radius 1 is 0.552 bits per heavy atom. The predicted molar refractivity (Wildman–Crippen MR) is 117 cm³/mol. The van der Waals surface area contributed by atoms with Gasteiger partial charge in [0.25, 0.3) is 0 Å². The van der Waals surface area contributed by atoms with Crippen LogP contribution in [0.1, 0.15) is 0 Å². The van der Waals surface area contributed by atoms with E-state index in [4.69, 9.17) is 9.92 Å². The van der Waals surface area contributed by atoms with Gasteiger partial charge in [-0.15, -0.1) is 0 Å². The molecule has 0 fully saturated rings. The molecule has 0 bridgehead atoms. The van der Waals surface area contributed by atoms with Crippen LogP contribution >= 0.6 is 0 Å². The van der Waals surface area contributed by atoms with Gasteiger partial charge in [0.15, 0.2) is 0 Å². The first-order chi connectivity index (χ1) is 14.0. The van der Waals surface area contributed by atoms with Gasteiger partial charge >= 0.3 is 10.1 Å². The highest BCUT2D eigenvalue weighted by Crippen LogP contribution is 2.19. The molecule has 0 atom stereocenters. The first kappa shape index (κ1) is 20.2. The molecule has 0 saturated carbocycles. The molecule has 4 nitrogen and oxygen atoms in total. The summed E-state index contributed by atoms with van der Waals surface area (Å²) in [6, 6.07) is 34.9. The first-order valence-electron chi connectivity index (χ1n) is 9.00. The summed E-state index contributed by atoms with van der Waals surface area (Å²) < 4.78 is 28.6. The van der Waals surface area contributed by atoms with E-state index >= 15 is 0 Å². The highest BCUT2D eigenvalue weighted by atomic mass is 32.2. The van der Waals surface area contributed by atoms with E-state index in [2.05, 4.69) is 48.5 Å². The van der Waals surface area contributed by atoms with Gasteiger partial charge in [-0.05, 0) is 47.5 Å². The Bertz CT molecular complexity index is 1080. The fraction of sp³-hybridized carbons (Fsp3) is 0. The fourth-order valence-electron chi connectivity index (χ4n) is 2.55. The van der Waals surface area contributed by atoms with Crippen LogP contribution in [0, 0.1) is 0 Å². The van der Waals surface area contributed by atoms with Crippen molar-refractivity contribution in [2.24, 2.45) is 0 Å². The fourth-order valence-corrected chi connectivity index (χ4v) is 3.50. The Morgan fingerprint density at radius 2 is 0.966 bits per heavy atom. The van der Waals surface area contributed by atoms with Crippen molar-refractivity contribution in [1.82, 2.24) is 0 Å². The second kappa shape index (κ2) is 9.57. The van der Waals surface area contributed by atoms with Crippen molar-refractivity contribution in [3.8, 4) is 16.9 Å². The lowest BCUT2D eigenvalue weighted by atomic mass is 10.1. The van der Waals surface area contributed by atoms with Gasteiger partial charge in [-0.2, -0.15) is 8.42 Å². The smallest absolute Gasteiger partial charge is 0.339 e. The summed E-state index contributed by atoms with van der Waals surface area (Å²) in [6.45, 7) is 0. The van der Waals surface area contributed by atoms with Crippen LogP contribution in [0.2, 0.25) is 0 Å². The van der Waals surface area contributed by atoms with Gasteiger partial charge in [-0.3, -0.25) is 0 Å². The normalized spacial score (nSPS) is 10.5. The molecule has 4 aromatic rings. The topological polar surface area (TPSA) is 69.4 Å². The molecule has 146 valence electrons. The monoisotopic (exact) mass is 403 g/mol. The van der Waals surface area contributed by atoms with Gasteiger partial charge in [0.05, 0.1) is 0 Å². The summed E-state index contributed by atoms with van der Waals surface area (Å²) in [6.07, 6.45) is 0.